The van der Waals surface area contributed by atoms with Crippen LogP contribution in [0.3, 0.4) is 0 Å². The number of halogens is 2. The highest BCUT2D eigenvalue weighted by molar-refractivity contribution is 7.13. The van der Waals surface area contributed by atoms with Gasteiger partial charge in [-0.25, -0.2) is 13.8 Å². The van der Waals surface area contributed by atoms with Crippen LogP contribution in [0, 0.1) is 31.4 Å². The van der Waals surface area contributed by atoms with Crippen molar-refractivity contribution in [2.24, 2.45) is 5.92 Å². The molecule has 2 bridgehead atoms. The number of hydrogen-bond donors (Lipinski definition) is 0. The van der Waals surface area contributed by atoms with E-state index in [1.165, 1.54) is 11.3 Å². The first-order valence-corrected chi connectivity index (χ1v) is 10.7. The number of carbonyl (C=O) groups excluding carboxylic acids is 1. The highest BCUT2D eigenvalue weighted by Crippen LogP contribution is 2.47. The third-order valence-corrected chi connectivity index (χ3v) is 7.79. The van der Waals surface area contributed by atoms with Gasteiger partial charge in [-0.2, -0.15) is 0 Å². The monoisotopic (exact) mass is 403 g/mol. The predicted octanol–water partition coefficient (Wildman–Crippen LogP) is 3.74. The molecular weight excluding hydrogens is 380 g/mol. The smallest absolute Gasteiger partial charge is 0.266 e. The number of rotatable bonds is 2. The number of fused-ring (bicyclic) bond motifs is 2. The number of nitrogens with zero attached hydrogens (tertiary/aromatic N) is 3. The molecule has 4 fully saturated rings. The van der Waals surface area contributed by atoms with Crippen molar-refractivity contribution < 1.29 is 13.6 Å². The van der Waals surface area contributed by atoms with Gasteiger partial charge in [0.05, 0.1) is 16.7 Å². The van der Waals surface area contributed by atoms with Crippen LogP contribution in [-0.4, -0.2) is 52.4 Å². The van der Waals surface area contributed by atoms with Gasteiger partial charge < -0.3 is 4.90 Å². The second-order valence-corrected chi connectivity index (χ2v) is 9.41. The van der Waals surface area contributed by atoms with Crippen molar-refractivity contribution >= 4 is 17.2 Å². The van der Waals surface area contributed by atoms with Crippen LogP contribution in [0.5, 0.6) is 0 Å². The van der Waals surface area contributed by atoms with Gasteiger partial charge in [-0.3, -0.25) is 9.69 Å². The molecule has 4 aliphatic rings. The Morgan fingerprint density at radius 3 is 2.61 bits per heavy atom. The van der Waals surface area contributed by atoms with E-state index < -0.39 is 11.6 Å². The van der Waals surface area contributed by atoms with E-state index in [2.05, 4.69) is 9.88 Å². The third kappa shape index (κ3) is 2.63. The van der Waals surface area contributed by atoms with E-state index in [-0.39, 0.29) is 23.9 Å². The van der Waals surface area contributed by atoms with Crippen molar-refractivity contribution in [2.45, 2.75) is 44.7 Å². The summed E-state index contributed by atoms with van der Waals surface area (Å²) in [4.78, 5) is 22.9. The molecule has 3 atom stereocenters. The summed E-state index contributed by atoms with van der Waals surface area (Å²) in [7, 11) is 0. The lowest BCUT2D eigenvalue weighted by Crippen LogP contribution is -2.60. The molecule has 6 rings (SSSR count). The first-order valence-electron chi connectivity index (χ1n) is 9.88. The number of amides is 1. The molecule has 7 heteroatoms. The van der Waals surface area contributed by atoms with Gasteiger partial charge in [0, 0.05) is 18.5 Å². The Labute approximate surface area is 167 Å². The summed E-state index contributed by atoms with van der Waals surface area (Å²) in [6.07, 6.45) is 2.12. The first-order chi connectivity index (χ1) is 13.5. The molecule has 148 valence electrons. The van der Waals surface area contributed by atoms with Crippen LogP contribution in [0.4, 0.5) is 8.78 Å². The van der Waals surface area contributed by atoms with Gasteiger partial charge in [-0.1, -0.05) is 12.1 Å². The van der Waals surface area contributed by atoms with E-state index in [0.29, 0.717) is 22.9 Å². The topological polar surface area (TPSA) is 36.4 Å². The standard InChI is InChI=1S/C21H23F2N3OS/c1-11-20(28-12(2)24-11)21(27)26-10-15(14-4-3-5-16(22)17(14)23)19-18(26)13-6-8-25(19)9-7-13/h3-5,13,15,18-19H,6-10H2,1-2H3/t15-,18+,19+/m1/s1. The number of piperidine rings is 3. The van der Waals surface area contributed by atoms with E-state index in [1.54, 1.807) is 12.1 Å². The number of aryl methyl sites for hydroxylation is 2. The fourth-order valence-corrected chi connectivity index (χ4v) is 6.47. The van der Waals surface area contributed by atoms with Crippen molar-refractivity contribution in [3.8, 4) is 0 Å². The van der Waals surface area contributed by atoms with Crippen molar-refractivity contribution in [1.82, 2.24) is 14.8 Å². The Morgan fingerprint density at radius 2 is 1.93 bits per heavy atom. The molecule has 1 amide bonds. The quantitative estimate of drug-likeness (QED) is 0.767. The second kappa shape index (κ2) is 6.59. The highest BCUT2D eigenvalue weighted by Gasteiger charge is 2.55. The lowest BCUT2D eigenvalue weighted by molar-refractivity contribution is -0.00347. The third-order valence-electron chi connectivity index (χ3n) is 6.73. The number of aromatic nitrogens is 1. The zero-order valence-electron chi connectivity index (χ0n) is 16.0. The summed E-state index contributed by atoms with van der Waals surface area (Å²) in [5, 5.41) is 0.873. The maximum atomic E-state index is 14.7. The van der Waals surface area contributed by atoms with Gasteiger partial charge in [0.25, 0.3) is 5.91 Å². The minimum Gasteiger partial charge on any atom is -0.332 e. The van der Waals surface area contributed by atoms with Gasteiger partial charge in [0.15, 0.2) is 11.6 Å². The van der Waals surface area contributed by atoms with Crippen LogP contribution in [-0.2, 0) is 0 Å². The Bertz CT molecular complexity index is 938. The van der Waals surface area contributed by atoms with E-state index in [1.807, 2.05) is 18.7 Å². The molecule has 2 aromatic rings. The summed E-state index contributed by atoms with van der Waals surface area (Å²) in [5.74, 6) is -1.38. The molecule has 0 unspecified atom stereocenters. The molecule has 1 aromatic heterocycles. The fourth-order valence-electron chi connectivity index (χ4n) is 5.59. The largest absolute Gasteiger partial charge is 0.332 e. The van der Waals surface area contributed by atoms with Gasteiger partial charge >= 0.3 is 0 Å². The molecule has 0 spiro atoms. The Kier molecular flexibility index (Phi) is 4.28. The van der Waals surface area contributed by atoms with Gasteiger partial charge in [0.2, 0.25) is 0 Å². The molecule has 28 heavy (non-hydrogen) atoms. The molecule has 5 heterocycles. The van der Waals surface area contributed by atoms with Crippen LogP contribution in [0.25, 0.3) is 0 Å². The molecule has 4 aliphatic heterocycles. The van der Waals surface area contributed by atoms with Crippen molar-refractivity contribution in [3.63, 3.8) is 0 Å². The van der Waals surface area contributed by atoms with E-state index in [4.69, 9.17) is 0 Å². The Morgan fingerprint density at radius 1 is 1.18 bits per heavy atom. The maximum absolute atomic E-state index is 14.7. The molecule has 0 aliphatic carbocycles. The molecule has 0 radical (unpaired) electrons. The van der Waals surface area contributed by atoms with Gasteiger partial charge in [-0.15, -0.1) is 11.3 Å². The minimum atomic E-state index is -0.816. The zero-order valence-corrected chi connectivity index (χ0v) is 16.8. The average Bonchev–Trinajstić information content (AvgIpc) is 3.26. The average molecular weight is 403 g/mol. The summed E-state index contributed by atoms with van der Waals surface area (Å²) in [6.45, 7) is 6.14. The summed E-state index contributed by atoms with van der Waals surface area (Å²) in [5.41, 5.74) is 1.15. The van der Waals surface area contributed by atoms with Crippen LogP contribution in [0.1, 0.15) is 44.7 Å². The number of carbonyl (C=O) groups is 1. The molecule has 1 aromatic carbocycles. The van der Waals surface area contributed by atoms with Crippen molar-refractivity contribution in [3.05, 3.63) is 51.0 Å². The van der Waals surface area contributed by atoms with Crippen LogP contribution in [0.2, 0.25) is 0 Å². The predicted molar refractivity (Wildman–Crippen MR) is 104 cm³/mol. The zero-order chi connectivity index (χ0) is 19.6. The normalized spacial score (nSPS) is 31.3. The molecule has 4 nitrogen and oxygen atoms in total. The summed E-state index contributed by atoms with van der Waals surface area (Å²) >= 11 is 1.42. The van der Waals surface area contributed by atoms with Crippen LogP contribution >= 0.6 is 11.3 Å². The highest BCUT2D eigenvalue weighted by atomic mass is 32.1. The molecule has 0 saturated carbocycles. The number of thiazole rings is 1. The Balaban J connectivity index is 1.57. The van der Waals surface area contributed by atoms with Crippen LogP contribution in [0.15, 0.2) is 18.2 Å². The first kappa shape index (κ1) is 18.2. The van der Waals surface area contributed by atoms with Crippen LogP contribution < -0.4 is 0 Å². The number of likely N-dealkylation sites (tertiary alicyclic amines) is 1. The Hall–Kier alpha value is -1.86. The number of benzene rings is 1. The lowest BCUT2D eigenvalue weighted by atomic mass is 9.75. The summed E-state index contributed by atoms with van der Waals surface area (Å²) in [6, 6.07) is 4.52. The molecular formula is C21H23F2N3OS. The molecule has 0 N–H and O–H groups in total. The minimum absolute atomic E-state index is 0.00818. The van der Waals surface area contributed by atoms with E-state index in [0.717, 1.165) is 42.7 Å². The van der Waals surface area contributed by atoms with Gasteiger partial charge in [-0.05, 0) is 57.3 Å². The van der Waals surface area contributed by atoms with Gasteiger partial charge in [0.1, 0.15) is 4.88 Å². The van der Waals surface area contributed by atoms with Crippen molar-refractivity contribution in [2.75, 3.05) is 19.6 Å². The second-order valence-electron chi connectivity index (χ2n) is 8.21. The SMILES string of the molecule is Cc1nc(C)c(C(=O)N2C[C@H](c3cccc(F)c3F)[C@H]3[C@@H]2C2CCN3CC2)s1. The molecule has 4 saturated heterocycles. The van der Waals surface area contributed by atoms with Crippen molar-refractivity contribution in [1.29, 1.82) is 0 Å². The van der Waals surface area contributed by atoms with E-state index >= 15 is 0 Å². The number of hydrogen-bond acceptors (Lipinski definition) is 4. The maximum Gasteiger partial charge on any atom is 0.266 e. The van der Waals surface area contributed by atoms with E-state index in [9.17, 15) is 13.6 Å². The lowest BCUT2D eigenvalue weighted by Gasteiger charge is -2.51. The summed E-state index contributed by atoms with van der Waals surface area (Å²) < 4.78 is 28.6. The fraction of sp³-hybridized carbons (Fsp3) is 0.524.